The van der Waals surface area contributed by atoms with Crippen LogP contribution in [0.1, 0.15) is 23.6 Å². The molecule has 0 radical (unpaired) electrons. The molecule has 0 amide bonds. The van der Waals surface area contributed by atoms with Gasteiger partial charge in [0.1, 0.15) is 0 Å². The van der Waals surface area contributed by atoms with Crippen LogP contribution in [0.2, 0.25) is 0 Å². The second-order valence-corrected chi connectivity index (χ2v) is 4.23. The summed E-state index contributed by atoms with van der Waals surface area (Å²) < 4.78 is 1.17. The highest BCUT2D eigenvalue weighted by atomic mass is 79.9. The maximum Gasteiger partial charge on any atom is 0.0352 e. The summed E-state index contributed by atoms with van der Waals surface area (Å²) in [6, 6.07) is 6.82. The lowest BCUT2D eigenvalue weighted by molar-refractivity contribution is 0.603. The highest BCUT2D eigenvalue weighted by Crippen LogP contribution is 2.23. The van der Waals surface area contributed by atoms with Gasteiger partial charge in [0, 0.05) is 10.5 Å². The summed E-state index contributed by atoms with van der Waals surface area (Å²) in [6.45, 7) is 5.86. The molecule has 0 fully saturated rings. The van der Waals surface area contributed by atoms with Gasteiger partial charge < -0.3 is 5.32 Å². The van der Waals surface area contributed by atoms with E-state index in [9.17, 15) is 0 Å². The summed E-state index contributed by atoms with van der Waals surface area (Å²) in [5.41, 5.74) is 2.56. The molecular formula is C12H16BrN. The molecule has 14 heavy (non-hydrogen) atoms. The SMILES string of the molecule is C=CCC(NC)c1ccc(C)c(Br)c1. The normalized spacial score (nSPS) is 12.5. The van der Waals surface area contributed by atoms with E-state index < -0.39 is 0 Å². The second-order valence-electron chi connectivity index (χ2n) is 3.37. The molecular weight excluding hydrogens is 238 g/mol. The number of hydrogen-bond acceptors (Lipinski definition) is 1. The first-order valence-electron chi connectivity index (χ1n) is 4.73. The van der Waals surface area contributed by atoms with Crippen molar-refractivity contribution in [1.29, 1.82) is 0 Å². The monoisotopic (exact) mass is 253 g/mol. The minimum atomic E-state index is 0.365. The molecule has 0 aliphatic rings. The fourth-order valence-corrected chi connectivity index (χ4v) is 1.81. The van der Waals surface area contributed by atoms with Crippen molar-refractivity contribution in [3.63, 3.8) is 0 Å². The van der Waals surface area contributed by atoms with Crippen LogP contribution in [0.5, 0.6) is 0 Å². The van der Waals surface area contributed by atoms with Crippen molar-refractivity contribution in [2.45, 2.75) is 19.4 Å². The molecule has 0 aromatic heterocycles. The topological polar surface area (TPSA) is 12.0 Å². The zero-order valence-corrected chi connectivity index (χ0v) is 10.3. The van der Waals surface area contributed by atoms with Crippen LogP contribution in [0.3, 0.4) is 0 Å². The molecule has 1 N–H and O–H groups in total. The van der Waals surface area contributed by atoms with Crippen LogP contribution in [0, 0.1) is 6.92 Å². The van der Waals surface area contributed by atoms with Gasteiger partial charge in [0.2, 0.25) is 0 Å². The first kappa shape index (κ1) is 11.5. The Morgan fingerprint density at radius 1 is 1.57 bits per heavy atom. The third kappa shape index (κ3) is 2.69. The molecule has 0 saturated heterocycles. The molecule has 1 aromatic carbocycles. The predicted molar refractivity (Wildman–Crippen MR) is 65.5 cm³/mol. The van der Waals surface area contributed by atoms with Crippen LogP contribution in [-0.4, -0.2) is 7.05 Å². The van der Waals surface area contributed by atoms with E-state index in [-0.39, 0.29) is 0 Å². The number of hydrogen-bond donors (Lipinski definition) is 1. The minimum absolute atomic E-state index is 0.365. The van der Waals surface area contributed by atoms with Crippen LogP contribution in [0.4, 0.5) is 0 Å². The van der Waals surface area contributed by atoms with Gasteiger partial charge in [-0.2, -0.15) is 0 Å². The van der Waals surface area contributed by atoms with Crippen molar-refractivity contribution in [2.75, 3.05) is 7.05 Å². The van der Waals surface area contributed by atoms with E-state index in [1.807, 2.05) is 13.1 Å². The molecule has 0 heterocycles. The largest absolute Gasteiger partial charge is 0.313 e. The Kier molecular flexibility index (Phi) is 4.36. The lowest BCUT2D eigenvalue weighted by Gasteiger charge is -2.15. The Morgan fingerprint density at radius 2 is 2.29 bits per heavy atom. The van der Waals surface area contributed by atoms with Gasteiger partial charge in [0.15, 0.2) is 0 Å². The van der Waals surface area contributed by atoms with E-state index in [2.05, 4.69) is 52.9 Å². The molecule has 0 bridgehead atoms. The summed E-state index contributed by atoms with van der Waals surface area (Å²) in [4.78, 5) is 0. The van der Waals surface area contributed by atoms with E-state index in [4.69, 9.17) is 0 Å². The third-order valence-corrected chi connectivity index (χ3v) is 3.20. The molecule has 2 heteroatoms. The zero-order valence-electron chi connectivity index (χ0n) is 8.68. The number of nitrogens with one attached hydrogen (secondary N) is 1. The zero-order chi connectivity index (χ0) is 10.6. The first-order valence-corrected chi connectivity index (χ1v) is 5.52. The molecule has 0 aliphatic heterocycles. The number of aryl methyl sites for hydroxylation is 1. The second kappa shape index (κ2) is 5.32. The lowest BCUT2D eigenvalue weighted by atomic mass is 10.0. The Morgan fingerprint density at radius 3 is 2.79 bits per heavy atom. The summed E-state index contributed by atoms with van der Waals surface area (Å²) in [7, 11) is 1.97. The van der Waals surface area contributed by atoms with E-state index in [0.717, 1.165) is 6.42 Å². The van der Waals surface area contributed by atoms with Gasteiger partial charge in [-0.1, -0.05) is 34.1 Å². The molecule has 1 nitrogen and oxygen atoms in total. The maximum absolute atomic E-state index is 3.76. The summed E-state index contributed by atoms with van der Waals surface area (Å²) >= 11 is 3.54. The Balaban J connectivity index is 2.93. The molecule has 1 atom stereocenters. The van der Waals surface area contributed by atoms with Gasteiger partial charge in [-0.05, 0) is 37.6 Å². The summed E-state index contributed by atoms with van der Waals surface area (Å²) in [5.74, 6) is 0. The Bertz CT molecular complexity index is 320. The summed E-state index contributed by atoms with van der Waals surface area (Å²) in [6.07, 6.45) is 2.89. The molecule has 1 rings (SSSR count). The van der Waals surface area contributed by atoms with Gasteiger partial charge in [-0.15, -0.1) is 6.58 Å². The van der Waals surface area contributed by atoms with Gasteiger partial charge in [-0.25, -0.2) is 0 Å². The lowest BCUT2D eigenvalue weighted by Crippen LogP contribution is -2.15. The number of rotatable bonds is 4. The minimum Gasteiger partial charge on any atom is -0.313 e. The van der Waals surface area contributed by atoms with Crippen LogP contribution >= 0.6 is 15.9 Å². The number of benzene rings is 1. The highest BCUT2D eigenvalue weighted by Gasteiger charge is 2.07. The smallest absolute Gasteiger partial charge is 0.0352 e. The van der Waals surface area contributed by atoms with Gasteiger partial charge in [0.25, 0.3) is 0 Å². The van der Waals surface area contributed by atoms with Gasteiger partial charge in [0.05, 0.1) is 0 Å². The average Bonchev–Trinajstić information content (AvgIpc) is 2.19. The van der Waals surface area contributed by atoms with E-state index in [1.165, 1.54) is 15.6 Å². The quantitative estimate of drug-likeness (QED) is 0.809. The predicted octanol–water partition coefficient (Wildman–Crippen LogP) is 3.59. The average molecular weight is 254 g/mol. The Hall–Kier alpha value is -0.600. The highest BCUT2D eigenvalue weighted by molar-refractivity contribution is 9.10. The van der Waals surface area contributed by atoms with Crippen LogP contribution in [0.25, 0.3) is 0 Å². The van der Waals surface area contributed by atoms with E-state index in [1.54, 1.807) is 0 Å². The first-order chi connectivity index (χ1) is 6.69. The van der Waals surface area contributed by atoms with Gasteiger partial charge in [-0.3, -0.25) is 0 Å². The van der Waals surface area contributed by atoms with Crippen molar-refractivity contribution in [3.8, 4) is 0 Å². The molecule has 76 valence electrons. The van der Waals surface area contributed by atoms with Crippen molar-refractivity contribution in [3.05, 3.63) is 46.5 Å². The van der Waals surface area contributed by atoms with Crippen molar-refractivity contribution < 1.29 is 0 Å². The van der Waals surface area contributed by atoms with Crippen molar-refractivity contribution >= 4 is 15.9 Å². The van der Waals surface area contributed by atoms with E-state index >= 15 is 0 Å². The third-order valence-electron chi connectivity index (χ3n) is 2.35. The fraction of sp³-hybridized carbons (Fsp3) is 0.333. The molecule has 0 aliphatic carbocycles. The fourth-order valence-electron chi connectivity index (χ4n) is 1.41. The Labute approximate surface area is 94.3 Å². The van der Waals surface area contributed by atoms with Crippen molar-refractivity contribution in [2.24, 2.45) is 0 Å². The maximum atomic E-state index is 3.76. The number of halogens is 1. The summed E-state index contributed by atoms with van der Waals surface area (Å²) in [5, 5.41) is 3.27. The van der Waals surface area contributed by atoms with Gasteiger partial charge >= 0.3 is 0 Å². The van der Waals surface area contributed by atoms with Crippen LogP contribution < -0.4 is 5.32 Å². The van der Waals surface area contributed by atoms with Crippen LogP contribution in [0.15, 0.2) is 35.3 Å². The molecule has 0 saturated carbocycles. The van der Waals surface area contributed by atoms with Crippen LogP contribution in [-0.2, 0) is 0 Å². The molecule has 0 spiro atoms. The standard InChI is InChI=1S/C12H16BrN/c1-4-5-12(14-3)10-7-6-9(2)11(13)8-10/h4,6-8,12,14H,1,5H2,2-3H3. The van der Waals surface area contributed by atoms with Crippen molar-refractivity contribution in [1.82, 2.24) is 5.32 Å². The molecule has 1 unspecified atom stereocenters. The van der Waals surface area contributed by atoms with E-state index in [0.29, 0.717) is 6.04 Å². The molecule has 1 aromatic rings.